The Bertz CT molecular complexity index is 411. The molecule has 2 nitrogen and oxygen atoms in total. The molecule has 1 heterocycles. The Kier molecular flexibility index (Phi) is 5.45. The van der Waals surface area contributed by atoms with E-state index in [2.05, 4.69) is 0 Å². The molecule has 116 valence electrons. The Morgan fingerprint density at radius 3 is 1.95 bits per heavy atom. The number of hydrogen-bond acceptors (Lipinski definition) is 3. The van der Waals surface area contributed by atoms with E-state index in [1.165, 1.54) is 17.4 Å². The van der Waals surface area contributed by atoms with Crippen molar-refractivity contribution in [1.29, 1.82) is 0 Å². The lowest BCUT2D eigenvalue weighted by atomic mass is 9.95. The Labute approximate surface area is 115 Å². The van der Waals surface area contributed by atoms with Crippen LogP contribution in [0.4, 0.5) is 26.3 Å². The van der Waals surface area contributed by atoms with Crippen LogP contribution in [0.15, 0.2) is 12.1 Å². The van der Waals surface area contributed by atoms with Crippen molar-refractivity contribution in [2.45, 2.75) is 38.2 Å². The van der Waals surface area contributed by atoms with Gasteiger partial charge in [-0.15, -0.1) is 11.3 Å². The lowest BCUT2D eigenvalue weighted by molar-refractivity contribution is -0.291. The summed E-state index contributed by atoms with van der Waals surface area (Å²) in [4.78, 5) is 1.33. The lowest BCUT2D eigenvalue weighted by Crippen LogP contribution is -2.54. The van der Waals surface area contributed by atoms with Crippen LogP contribution in [-0.4, -0.2) is 18.4 Å². The van der Waals surface area contributed by atoms with Crippen LogP contribution in [0.5, 0.6) is 0 Å². The molecule has 0 aliphatic rings. The van der Waals surface area contributed by atoms with Gasteiger partial charge in [0.25, 0.3) is 0 Å². The molecule has 0 fully saturated rings. The smallest absolute Gasteiger partial charge is 0.271 e. The number of nitrogens with one attached hydrogen (secondary N) is 1. The summed E-state index contributed by atoms with van der Waals surface area (Å²) >= 11 is 1.18. The fourth-order valence-corrected chi connectivity index (χ4v) is 2.87. The molecule has 1 aromatic heterocycles. The van der Waals surface area contributed by atoms with Crippen LogP contribution < -0.4 is 11.3 Å². The van der Waals surface area contributed by atoms with Crippen molar-refractivity contribution >= 4 is 11.3 Å². The van der Waals surface area contributed by atoms with E-state index in [9.17, 15) is 26.3 Å². The summed E-state index contributed by atoms with van der Waals surface area (Å²) in [6.45, 7) is 1.85. The number of aryl methyl sites for hydroxylation is 1. The molecular formula is C11H14F6N2S. The van der Waals surface area contributed by atoms with Gasteiger partial charge in [-0.05, 0) is 25.0 Å². The van der Waals surface area contributed by atoms with Crippen LogP contribution >= 0.6 is 11.3 Å². The Morgan fingerprint density at radius 2 is 1.60 bits per heavy atom. The van der Waals surface area contributed by atoms with Gasteiger partial charge in [0, 0.05) is 15.8 Å². The molecule has 3 N–H and O–H groups in total. The number of nitrogens with two attached hydrogens (primary N) is 1. The molecule has 0 spiro atoms. The van der Waals surface area contributed by atoms with E-state index in [4.69, 9.17) is 5.84 Å². The Balaban J connectivity index is 2.96. The summed E-state index contributed by atoms with van der Waals surface area (Å²) in [6.07, 6.45) is -10.6. The first kappa shape index (κ1) is 17.3. The fraction of sp³-hybridized carbons (Fsp3) is 0.636. The molecule has 1 rings (SSSR count). The number of thiophene rings is 1. The second-order valence-electron chi connectivity index (χ2n) is 4.26. The first-order chi connectivity index (χ1) is 9.09. The lowest BCUT2D eigenvalue weighted by Gasteiger charge is -2.29. The second kappa shape index (κ2) is 6.31. The van der Waals surface area contributed by atoms with E-state index in [1.807, 2.05) is 6.92 Å². The van der Waals surface area contributed by atoms with Gasteiger partial charge in [-0.3, -0.25) is 11.3 Å². The van der Waals surface area contributed by atoms with Gasteiger partial charge >= 0.3 is 12.4 Å². The van der Waals surface area contributed by atoms with Gasteiger partial charge in [-0.2, -0.15) is 26.3 Å². The van der Waals surface area contributed by atoms with E-state index in [0.29, 0.717) is 11.3 Å². The molecule has 0 aliphatic heterocycles. The zero-order valence-electron chi connectivity index (χ0n) is 10.5. The maximum absolute atomic E-state index is 12.6. The third-order valence-corrected chi connectivity index (χ3v) is 4.06. The summed E-state index contributed by atoms with van der Waals surface area (Å²) in [5.74, 6) is 1.42. The van der Waals surface area contributed by atoms with Crippen LogP contribution in [0.25, 0.3) is 0 Å². The predicted octanol–water partition coefficient (Wildman–Crippen LogP) is 3.43. The zero-order valence-corrected chi connectivity index (χ0v) is 11.3. The minimum Gasteiger partial charge on any atom is -0.271 e. The minimum atomic E-state index is -5.40. The van der Waals surface area contributed by atoms with Gasteiger partial charge in [0.1, 0.15) is 0 Å². The molecule has 0 radical (unpaired) electrons. The van der Waals surface area contributed by atoms with E-state index < -0.39 is 30.7 Å². The van der Waals surface area contributed by atoms with Gasteiger partial charge < -0.3 is 0 Å². The summed E-state index contributed by atoms with van der Waals surface area (Å²) < 4.78 is 75.7. The molecule has 20 heavy (non-hydrogen) atoms. The Morgan fingerprint density at radius 1 is 1.10 bits per heavy atom. The van der Waals surface area contributed by atoms with Crippen LogP contribution in [0, 0.1) is 5.92 Å². The van der Waals surface area contributed by atoms with Crippen LogP contribution in [-0.2, 0) is 12.8 Å². The van der Waals surface area contributed by atoms with Gasteiger partial charge in [-0.1, -0.05) is 6.92 Å². The first-order valence-electron chi connectivity index (χ1n) is 5.76. The van der Waals surface area contributed by atoms with Crippen LogP contribution in [0.1, 0.15) is 16.7 Å². The van der Waals surface area contributed by atoms with Crippen molar-refractivity contribution in [3.63, 3.8) is 0 Å². The van der Waals surface area contributed by atoms with Crippen molar-refractivity contribution < 1.29 is 26.3 Å². The van der Waals surface area contributed by atoms with E-state index in [0.717, 1.165) is 4.88 Å². The van der Waals surface area contributed by atoms with Crippen LogP contribution in [0.2, 0.25) is 0 Å². The highest BCUT2D eigenvalue weighted by molar-refractivity contribution is 7.11. The zero-order chi connectivity index (χ0) is 15.6. The number of hydrogen-bond donors (Lipinski definition) is 2. The second-order valence-corrected chi connectivity index (χ2v) is 5.51. The van der Waals surface area contributed by atoms with E-state index in [1.54, 1.807) is 11.5 Å². The van der Waals surface area contributed by atoms with Crippen molar-refractivity contribution in [3.05, 3.63) is 21.9 Å². The predicted molar refractivity (Wildman–Crippen MR) is 64.1 cm³/mol. The molecule has 1 atom stereocenters. The number of rotatable bonds is 5. The standard InChI is InChI=1S/C11H14F6N2S/c1-2-6-3-4-7(20-6)5-8(19-18)9(10(12,13)14)11(15,16)17/h3-4,8-9,19H,2,5,18H2,1H3. The molecule has 9 heteroatoms. The van der Waals surface area contributed by atoms with Crippen molar-refractivity contribution in [2.75, 3.05) is 0 Å². The highest BCUT2D eigenvalue weighted by Crippen LogP contribution is 2.42. The summed E-state index contributed by atoms with van der Waals surface area (Å²) in [6, 6.07) is 1.26. The van der Waals surface area contributed by atoms with E-state index in [-0.39, 0.29) is 0 Å². The average Bonchev–Trinajstić information content (AvgIpc) is 2.72. The van der Waals surface area contributed by atoms with Gasteiger partial charge in [0.05, 0.1) is 0 Å². The molecule has 0 saturated heterocycles. The third kappa shape index (κ3) is 4.35. The molecule has 0 saturated carbocycles. The Hall–Kier alpha value is -0.800. The topological polar surface area (TPSA) is 38.0 Å². The summed E-state index contributed by atoms with van der Waals surface area (Å²) in [7, 11) is 0. The average molecular weight is 320 g/mol. The number of alkyl halides is 6. The molecule has 0 bridgehead atoms. The molecule has 0 aromatic carbocycles. The van der Waals surface area contributed by atoms with E-state index >= 15 is 0 Å². The molecular weight excluding hydrogens is 306 g/mol. The third-order valence-electron chi connectivity index (χ3n) is 2.81. The summed E-state index contributed by atoms with van der Waals surface area (Å²) in [5.41, 5.74) is 1.66. The largest absolute Gasteiger partial charge is 0.402 e. The van der Waals surface area contributed by atoms with Crippen molar-refractivity contribution in [1.82, 2.24) is 5.43 Å². The molecule has 0 amide bonds. The monoisotopic (exact) mass is 320 g/mol. The van der Waals surface area contributed by atoms with Crippen molar-refractivity contribution in [2.24, 2.45) is 11.8 Å². The van der Waals surface area contributed by atoms with Gasteiger partial charge in [0.15, 0.2) is 5.92 Å². The molecule has 1 aromatic rings. The molecule has 0 aliphatic carbocycles. The maximum Gasteiger partial charge on any atom is 0.402 e. The quantitative estimate of drug-likeness (QED) is 0.496. The summed E-state index contributed by atoms with van der Waals surface area (Å²) in [5, 5.41) is 0. The number of hydrazine groups is 1. The highest BCUT2D eigenvalue weighted by atomic mass is 32.1. The SMILES string of the molecule is CCc1ccc(CC(NN)C(C(F)(F)F)C(F)(F)F)s1. The van der Waals surface area contributed by atoms with Gasteiger partial charge in [0.2, 0.25) is 0 Å². The molecule has 1 unspecified atom stereocenters. The first-order valence-corrected chi connectivity index (χ1v) is 6.58. The highest BCUT2D eigenvalue weighted by Gasteiger charge is 2.60. The normalized spacial score (nSPS) is 14.8. The minimum absolute atomic E-state index is 0.426. The number of halogens is 6. The van der Waals surface area contributed by atoms with Crippen LogP contribution in [0.3, 0.4) is 0 Å². The fourth-order valence-electron chi connectivity index (χ4n) is 1.85. The van der Waals surface area contributed by atoms with Crippen molar-refractivity contribution in [3.8, 4) is 0 Å². The maximum atomic E-state index is 12.6. The van der Waals surface area contributed by atoms with Gasteiger partial charge in [-0.25, -0.2) is 0 Å².